The van der Waals surface area contributed by atoms with Crippen LogP contribution in [0.15, 0.2) is 17.3 Å². The van der Waals surface area contributed by atoms with E-state index in [4.69, 9.17) is 4.74 Å². The number of hydrogen-bond donors (Lipinski definition) is 0. The van der Waals surface area contributed by atoms with E-state index in [0.717, 1.165) is 12.8 Å². The third kappa shape index (κ3) is 2.06. The number of ether oxygens (including phenoxy) is 1. The smallest absolute Gasteiger partial charge is 0.260 e. The van der Waals surface area contributed by atoms with Gasteiger partial charge in [-0.25, -0.2) is 8.42 Å². The van der Waals surface area contributed by atoms with Gasteiger partial charge < -0.3 is 4.74 Å². The van der Waals surface area contributed by atoms with E-state index < -0.39 is 10.0 Å². The summed E-state index contributed by atoms with van der Waals surface area (Å²) in [5.41, 5.74) is 0. The van der Waals surface area contributed by atoms with Crippen LogP contribution in [0.4, 0.5) is 0 Å². The Labute approximate surface area is 107 Å². The van der Waals surface area contributed by atoms with Crippen LogP contribution < -0.4 is 0 Å². The highest BCUT2D eigenvalue weighted by atomic mass is 32.2. The first-order valence-corrected chi connectivity index (χ1v) is 7.63. The summed E-state index contributed by atoms with van der Waals surface area (Å²) in [6.45, 7) is 1.38. The molecule has 2 aliphatic rings. The minimum atomic E-state index is -3.43. The highest BCUT2D eigenvalue weighted by Gasteiger charge is 2.39. The van der Waals surface area contributed by atoms with E-state index in [-0.39, 0.29) is 11.1 Å². The van der Waals surface area contributed by atoms with Gasteiger partial charge in [-0.3, -0.25) is 4.68 Å². The van der Waals surface area contributed by atoms with E-state index in [1.54, 1.807) is 7.05 Å². The fourth-order valence-electron chi connectivity index (χ4n) is 2.37. The van der Waals surface area contributed by atoms with Gasteiger partial charge in [-0.05, 0) is 24.8 Å². The molecule has 1 atom stereocenters. The zero-order valence-electron chi connectivity index (χ0n) is 10.3. The summed E-state index contributed by atoms with van der Waals surface area (Å²) in [6.07, 6.45) is 3.89. The number of morpholine rings is 1. The van der Waals surface area contributed by atoms with Gasteiger partial charge in [0.1, 0.15) is 0 Å². The zero-order chi connectivity index (χ0) is 12.8. The normalized spacial score (nSPS) is 26.4. The van der Waals surface area contributed by atoms with Crippen molar-refractivity contribution in [1.82, 2.24) is 14.1 Å². The standard InChI is InChI=1S/C11H17N3O3S/c1-13-11(4-5-12-13)18(15,16)14-6-7-17-10(8-14)9-2-3-9/h4-5,9-10H,2-3,6-8H2,1H3. The maximum Gasteiger partial charge on any atom is 0.260 e. The summed E-state index contributed by atoms with van der Waals surface area (Å²) in [5.74, 6) is 0.550. The molecule has 0 N–H and O–H groups in total. The Morgan fingerprint density at radius 2 is 2.22 bits per heavy atom. The van der Waals surface area contributed by atoms with Crippen LogP contribution in [0.25, 0.3) is 0 Å². The maximum absolute atomic E-state index is 12.5. The summed E-state index contributed by atoms with van der Waals surface area (Å²) < 4.78 is 33.5. The number of hydrogen-bond acceptors (Lipinski definition) is 4. The first-order valence-electron chi connectivity index (χ1n) is 6.19. The first kappa shape index (κ1) is 12.1. The summed E-state index contributed by atoms with van der Waals surface area (Å²) in [4.78, 5) is 0. The minimum Gasteiger partial charge on any atom is -0.375 e. The molecule has 0 bridgehead atoms. The molecule has 1 aliphatic carbocycles. The van der Waals surface area contributed by atoms with Gasteiger partial charge in [-0.1, -0.05) is 0 Å². The van der Waals surface area contributed by atoms with Crippen LogP contribution >= 0.6 is 0 Å². The lowest BCUT2D eigenvalue weighted by Crippen LogP contribution is -2.46. The Balaban J connectivity index is 1.82. The molecular formula is C11H17N3O3S. The van der Waals surface area contributed by atoms with Gasteiger partial charge in [0.15, 0.2) is 5.03 Å². The number of aryl methyl sites for hydroxylation is 1. The van der Waals surface area contributed by atoms with E-state index in [9.17, 15) is 8.42 Å². The molecule has 1 saturated carbocycles. The molecule has 0 amide bonds. The highest BCUT2D eigenvalue weighted by molar-refractivity contribution is 7.89. The van der Waals surface area contributed by atoms with Crippen molar-refractivity contribution in [3.8, 4) is 0 Å². The fraction of sp³-hybridized carbons (Fsp3) is 0.727. The quantitative estimate of drug-likeness (QED) is 0.789. The molecule has 1 aromatic heterocycles. The van der Waals surface area contributed by atoms with Gasteiger partial charge in [0.2, 0.25) is 0 Å². The Hall–Kier alpha value is -0.920. The molecule has 0 radical (unpaired) electrons. The molecule has 0 spiro atoms. The molecule has 1 saturated heterocycles. The van der Waals surface area contributed by atoms with Crippen LogP contribution in [-0.4, -0.2) is 48.3 Å². The Morgan fingerprint density at radius 1 is 1.44 bits per heavy atom. The molecule has 3 rings (SSSR count). The minimum absolute atomic E-state index is 0.0711. The summed E-state index contributed by atoms with van der Waals surface area (Å²) in [7, 11) is -1.79. The second-order valence-electron chi connectivity index (χ2n) is 4.90. The molecule has 2 heterocycles. The third-order valence-corrected chi connectivity index (χ3v) is 5.52. The van der Waals surface area contributed by atoms with Gasteiger partial charge >= 0.3 is 0 Å². The Kier molecular flexibility index (Phi) is 2.91. The van der Waals surface area contributed by atoms with E-state index in [2.05, 4.69) is 5.10 Å². The van der Waals surface area contributed by atoms with Crippen molar-refractivity contribution in [3.05, 3.63) is 12.3 Å². The lowest BCUT2D eigenvalue weighted by molar-refractivity contribution is -0.0136. The van der Waals surface area contributed by atoms with Gasteiger partial charge in [-0.2, -0.15) is 9.40 Å². The largest absolute Gasteiger partial charge is 0.375 e. The summed E-state index contributed by atoms with van der Waals surface area (Å²) >= 11 is 0. The van der Waals surface area contributed by atoms with Crippen LogP contribution in [0.1, 0.15) is 12.8 Å². The maximum atomic E-state index is 12.5. The zero-order valence-corrected chi connectivity index (χ0v) is 11.1. The van der Waals surface area contributed by atoms with Gasteiger partial charge in [0.25, 0.3) is 10.0 Å². The van der Waals surface area contributed by atoms with Crippen LogP contribution in [0.3, 0.4) is 0 Å². The molecule has 18 heavy (non-hydrogen) atoms. The van der Waals surface area contributed by atoms with Crippen molar-refractivity contribution < 1.29 is 13.2 Å². The number of sulfonamides is 1. The summed E-state index contributed by atoms with van der Waals surface area (Å²) in [5, 5.41) is 4.17. The van der Waals surface area contributed by atoms with E-state index in [1.165, 1.54) is 21.3 Å². The molecule has 1 unspecified atom stereocenters. The van der Waals surface area contributed by atoms with E-state index >= 15 is 0 Å². The molecule has 1 aliphatic heterocycles. The van der Waals surface area contributed by atoms with Crippen molar-refractivity contribution in [1.29, 1.82) is 0 Å². The van der Waals surface area contributed by atoms with E-state index in [1.807, 2.05) is 0 Å². The van der Waals surface area contributed by atoms with Gasteiger partial charge in [0.05, 0.1) is 18.9 Å². The van der Waals surface area contributed by atoms with Crippen molar-refractivity contribution >= 4 is 10.0 Å². The van der Waals surface area contributed by atoms with Gasteiger partial charge in [-0.15, -0.1) is 0 Å². The molecule has 2 fully saturated rings. The van der Waals surface area contributed by atoms with Crippen LogP contribution in [0.5, 0.6) is 0 Å². The van der Waals surface area contributed by atoms with Crippen molar-refractivity contribution in [2.75, 3.05) is 19.7 Å². The van der Waals surface area contributed by atoms with E-state index in [0.29, 0.717) is 25.6 Å². The average molecular weight is 271 g/mol. The van der Waals surface area contributed by atoms with Crippen molar-refractivity contribution in [2.24, 2.45) is 13.0 Å². The molecule has 0 aromatic carbocycles. The monoisotopic (exact) mass is 271 g/mol. The van der Waals surface area contributed by atoms with Crippen molar-refractivity contribution in [2.45, 2.75) is 24.0 Å². The third-order valence-electron chi connectivity index (χ3n) is 3.58. The second kappa shape index (κ2) is 4.32. The Bertz CT molecular complexity index is 535. The van der Waals surface area contributed by atoms with Crippen LogP contribution in [-0.2, 0) is 21.8 Å². The predicted molar refractivity (Wildman–Crippen MR) is 64.4 cm³/mol. The highest BCUT2D eigenvalue weighted by Crippen LogP contribution is 2.36. The fourth-order valence-corrected chi connectivity index (χ4v) is 3.91. The summed E-state index contributed by atoms with van der Waals surface area (Å²) in [6, 6.07) is 1.54. The number of rotatable bonds is 3. The van der Waals surface area contributed by atoms with Crippen molar-refractivity contribution in [3.63, 3.8) is 0 Å². The lowest BCUT2D eigenvalue weighted by Gasteiger charge is -2.32. The number of aromatic nitrogens is 2. The molecule has 6 nitrogen and oxygen atoms in total. The predicted octanol–water partition coefficient (Wildman–Crippen LogP) is 0.220. The molecular weight excluding hydrogens is 254 g/mol. The SMILES string of the molecule is Cn1nccc1S(=O)(=O)N1CCOC(C2CC2)C1. The Morgan fingerprint density at radius 3 is 2.83 bits per heavy atom. The van der Waals surface area contributed by atoms with Crippen LogP contribution in [0, 0.1) is 5.92 Å². The topological polar surface area (TPSA) is 64.4 Å². The van der Waals surface area contributed by atoms with Gasteiger partial charge in [0, 0.05) is 20.1 Å². The average Bonchev–Trinajstić information content (AvgIpc) is 3.12. The second-order valence-corrected chi connectivity index (χ2v) is 6.79. The first-order chi connectivity index (χ1) is 8.59. The molecule has 1 aromatic rings. The van der Waals surface area contributed by atoms with Crippen LogP contribution in [0.2, 0.25) is 0 Å². The lowest BCUT2D eigenvalue weighted by atomic mass is 10.2. The molecule has 7 heteroatoms. The number of nitrogens with zero attached hydrogens (tertiary/aromatic N) is 3. The molecule has 100 valence electrons.